The maximum atomic E-state index is 6.11. The largest absolute Gasteiger partial charge is 0.491 e. The number of rotatable bonds is 4. The average Bonchev–Trinajstić information content (AvgIpc) is 2.64. The first-order chi connectivity index (χ1) is 10.6. The number of likely N-dealkylation sites (N-methyl/N-ethyl adjacent to an activating group) is 1. The van der Waals surface area contributed by atoms with E-state index in [0.717, 1.165) is 11.0 Å². The van der Waals surface area contributed by atoms with Crippen LogP contribution in [0.4, 0.5) is 0 Å². The third kappa shape index (κ3) is 4.06. The Morgan fingerprint density at radius 3 is 2.00 bits per heavy atom. The maximum absolute atomic E-state index is 6.11. The van der Waals surface area contributed by atoms with Gasteiger partial charge in [-0.15, -0.1) is 0 Å². The highest BCUT2D eigenvalue weighted by atomic mass is 35.5. The molecule has 1 fully saturated rings. The molecule has 0 radical (unpaired) electrons. The minimum Gasteiger partial charge on any atom is -0.400 e. The van der Waals surface area contributed by atoms with Crippen molar-refractivity contribution in [3.63, 3.8) is 0 Å². The van der Waals surface area contributed by atoms with E-state index in [4.69, 9.17) is 44.1 Å². The molecule has 23 heavy (non-hydrogen) atoms. The number of halogens is 3. The molecule has 0 aromatic heterocycles. The van der Waals surface area contributed by atoms with E-state index in [-0.39, 0.29) is 11.2 Å². The predicted molar refractivity (Wildman–Crippen MR) is 99.5 cm³/mol. The summed E-state index contributed by atoms with van der Waals surface area (Å²) in [6, 6.07) is 3.55. The van der Waals surface area contributed by atoms with Gasteiger partial charge in [0.05, 0.1) is 26.3 Å². The molecule has 0 bridgehead atoms. The van der Waals surface area contributed by atoms with E-state index >= 15 is 0 Å². The van der Waals surface area contributed by atoms with E-state index in [1.807, 2.05) is 40.8 Å². The van der Waals surface area contributed by atoms with Crippen molar-refractivity contribution in [3.05, 3.63) is 38.2 Å². The monoisotopic (exact) mass is 375 g/mol. The molecule has 1 N–H and O–H groups in total. The van der Waals surface area contributed by atoms with Crippen LogP contribution in [-0.4, -0.2) is 31.9 Å². The lowest BCUT2D eigenvalue weighted by Gasteiger charge is -2.32. The second-order valence-electron chi connectivity index (χ2n) is 6.64. The van der Waals surface area contributed by atoms with Gasteiger partial charge in [-0.05, 0) is 57.9 Å². The SMILES string of the molecule is CNCC(=Cc1cc(Cl)c(Cl)c(Cl)c1)B1OC(C)(C)C(C)(C)O1. The van der Waals surface area contributed by atoms with Crippen LogP contribution >= 0.6 is 34.8 Å². The number of benzene rings is 1. The quantitative estimate of drug-likeness (QED) is 0.600. The van der Waals surface area contributed by atoms with Gasteiger partial charge in [-0.1, -0.05) is 40.9 Å². The Morgan fingerprint density at radius 2 is 1.57 bits per heavy atom. The molecule has 2 rings (SSSR count). The standard InChI is InChI=1S/C16H21BCl3NO2/c1-15(2)16(3,4)23-17(22-15)11(9-21-5)6-10-7-12(18)14(20)13(19)8-10/h6-8,21H,9H2,1-5H3. The number of hydrogen-bond donors (Lipinski definition) is 1. The molecule has 1 aliphatic rings. The summed E-state index contributed by atoms with van der Waals surface area (Å²) in [5.41, 5.74) is 1.03. The van der Waals surface area contributed by atoms with Crippen LogP contribution in [0.15, 0.2) is 17.6 Å². The first-order valence-electron chi connectivity index (χ1n) is 7.42. The zero-order chi connectivity index (χ0) is 17.4. The topological polar surface area (TPSA) is 30.5 Å². The molecule has 1 heterocycles. The molecule has 0 atom stereocenters. The van der Waals surface area contributed by atoms with Crippen LogP contribution in [0.1, 0.15) is 33.3 Å². The molecular weight excluding hydrogens is 355 g/mol. The second-order valence-corrected chi connectivity index (χ2v) is 7.83. The minimum atomic E-state index is -0.430. The molecule has 0 amide bonds. The van der Waals surface area contributed by atoms with Crippen LogP contribution in [0.5, 0.6) is 0 Å². The Morgan fingerprint density at radius 1 is 1.09 bits per heavy atom. The third-order valence-corrected chi connectivity index (χ3v) is 5.49. The fraction of sp³-hybridized carbons (Fsp3) is 0.500. The Kier molecular flexibility index (Phi) is 5.77. The van der Waals surface area contributed by atoms with Crippen molar-refractivity contribution in [1.29, 1.82) is 0 Å². The van der Waals surface area contributed by atoms with Gasteiger partial charge >= 0.3 is 7.12 Å². The van der Waals surface area contributed by atoms with Gasteiger partial charge in [0.25, 0.3) is 0 Å². The average molecular weight is 377 g/mol. The molecule has 0 unspecified atom stereocenters. The smallest absolute Gasteiger partial charge is 0.400 e. The lowest BCUT2D eigenvalue weighted by molar-refractivity contribution is 0.00578. The van der Waals surface area contributed by atoms with Crippen molar-refractivity contribution in [1.82, 2.24) is 5.32 Å². The van der Waals surface area contributed by atoms with Crippen LogP contribution in [0.25, 0.3) is 6.08 Å². The molecule has 0 saturated carbocycles. The van der Waals surface area contributed by atoms with Gasteiger partial charge in [0.2, 0.25) is 0 Å². The van der Waals surface area contributed by atoms with E-state index in [2.05, 4.69) is 5.32 Å². The van der Waals surface area contributed by atoms with Crippen molar-refractivity contribution in [3.8, 4) is 0 Å². The fourth-order valence-corrected chi connectivity index (χ4v) is 2.89. The molecule has 126 valence electrons. The lowest BCUT2D eigenvalue weighted by atomic mass is 9.77. The van der Waals surface area contributed by atoms with Gasteiger partial charge in [-0.3, -0.25) is 0 Å². The summed E-state index contributed by atoms with van der Waals surface area (Å²) in [5, 5.41) is 4.34. The normalized spacial score (nSPS) is 20.2. The second kappa shape index (κ2) is 6.95. The summed E-state index contributed by atoms with van der Waals surface area (Å²) in [4.78, 5) is 0. The van der Waals surface area contributed by atoms with Crippen LogP contribution in [0.3, 0.4) is 0 Å². The van der Waals surface area contributed by atoms with Gasteiger partial charge in [-0.25, -0.2) is 0 Å². The summed E-state index contributed by atoms with van der Waals surface area (Å²) < 4.78 is 12.2. The molecule has 1 aromatic carbocycles. The molecule has 1 aliphatic heterocycles. The van der Waals surface area contributed by atoms with Crippen LogP contribution in [0.2, 0.25) is 15.1 Å². The number of nitrogens with one attached hydrogen (secondary N) is 1. The highest BCUT2D eigenvalue weighted by Gasteiger charge is 2.52. The maximum Gasteiger partial charge on any atom is 0.491 e. The number of hydrogen-bond acceptors (Lipinski definition) is 3. The Labute approximate surface area is 153 Å². The van der Waals surface area contributed by atoms with Crippen molar-refractivity contribution >= 4 is 48.0 Å². The Bertz CT molecular complexity index is 593. The highest BCUT2D eigenvalue weighted by molar-refractivity contribution is 6.56. The van der Waals surface area contributed by atoms with E-state index in [0.29, 0.717) is 21.6 Å². The molecule has 3 nitrogen and oxygen atoms in total. The molecular formula is C16H21BCl3NO2. The van der Waals surface area contributed by atoms with Crippen LogP contribution < -0.4 is 5.32 Å². The van der Waals surface area contributed by atoms with Gasteiger partial charge in [-0.2, -0.15) is 0 Å². The Balaban J connectivity index is 2.36. The summed E-state index contributed by atoms with van der Waals surface area (Å²) >= 11 is 18.2. The minimum absolute atomic E-state index is 0.358. The summed E-state index contributed by atoms with van der Waals surface area (Å²) in [6.07, 6.45) is 1.97. The van der Waals surface area contributed by atoms with Gasteiger partial charge < -0.3 is 14.6 Å². The highest BCUT2D eigenvalue weighted by Crippen LogP contribution is 2.39. The van der Waals surface area contributed by atoms with Crippen molar-refractivity contribution in [2.24, 2.45) is 0 Å². The lowest BCUT2D eigenvalue weighted by Crippen LogP contribution is -2.41. The molecule has 0 spiro atoms. The van der Waals surface area contributed by atoms with E-state index in [9.17, 15) is 0 Å². The van der Waals surface area contributed by atoms with Gasteiger partial charge in [0.15, 0.2) is 0 Å². The van der Waals surface area contributed by atoms with Crippen LogP contribution in [-0.2, 0) is 9.31 Å². The van der Waals surface area contributed by atoms with E-state index in [1.54, 1.807) is 12.1 Å². The third-order valence-electron chi connectivity index (χ3n) is 4.30. The van der Waals surface area contributed by atoms with Gasteiger partial charge in [0.1, 0.15) is 0 Å². The first-order valence-corrected chi connectivity index (χ1v) is 8.56. The fourth-order valence-electron chi connectivity index (χ4n) is 2.27. The van der Waals surface area contributed by atoms with Gasteiger partial charge in [0, 0.05) is 6.54 Å². The zero-order valence-electron chi connectivity index (χ0n) is 14.0. The summed E-state index contributed by atoms with van der Waals surface area (Å²) in [5.74, 6) is 0. The molecule has 1 saturated heterocycles. The molecule has 1 aromatic rings. The molecule has 0 aliphatic carbocycles. The van der Waals surface area contributed by atoms with Crippen molar-refractivity contribution < 1.29 is 9.31 Å². The van der Waals surface area contributed by atoms with Crippen LogP contribution in [0, 0.1) is 0 Å². The van der Waals surface area contributed by atoms with Crippen molar-refractivity contribution in [2.75, 3.05) is 13.6 Å². The van der Waals surface area contributed by atoms with E-state index < -0.39 is 7.12 Å². The predicted octanol–water partition coefficient (Wildman–Crippen LogP) is 4.88. The van der Waals surface area contributed by atoms with E-state index in [1.165, 1.54) is 0 Å². The zero-order valence-corrected chi connectivity index (χ0v) is 16.2. The summed E-state index contributed by atoms with van der Waals surface area (Å²) in [6.45, 7) is 8.73. The first kappa shape index (κ1) is 19.1. The Hall–Kier alpha value is -0.225. The van der Waals surface area contributed by atoms with Crippen molar-refractivity contribution in [2.45, 2.75) is 38.9 Å². The molecule has 7 heteroatoms. The summed E-state index contributed by atoms with van der Waals surface area (Å²) in [7, 11) is 1.45.